The van der Waals surface area contributed by atoms with Gasteiger partial charge in [-0.15, -0.1) is 0 Å². The Labute approximate surface area is 86.7 Å². The summed E-state index contributed by atoms with van der Waals surface area (Å²) in [5.74, 6) is 0.944. The van der Waals surface area contributed by atoms with Gasteiger partial charge in [-0.3, -0.25) is 0 Å². The first-order valence-corrected chi connectivity index (χ1v) is 5.68. The van der Waals surface area contributed by atoms with Gasteiger partial charge in [0.25, 0.3) is 0 Å². The van der Waals surface area contributed by atoms with Crippen LogP contribution in [0.15, 0.2) is 22.7 Å². The summed E-state index contributed by atoms with van der Waals surface area (Å²) in [5.41, 5.74) is 2.81. The standard InChI is InChI=1S/C11H12BrN/c12-9-3-1-2-8-6-10(7-4-5-7)13-11(8)9/h1-3,7,10,13H,4-6H2. The highest BCUT2D eigenvalue weighted by atomic mass is 79.9. The highest BCUT2D eigenvalue weighted by Gasteiger charge is 2.35. The van der Waals surface area contributed by atoms with Crippen LogP contribution in [-0.2, 0) is 6.42 Å². The normalized spacial score (nSPS) is 25.5. The second-order valence-corrected chi connectivity index (χ2v) is 4.92. The number of hydrogen-bond donors (Lipinski definition) is 1. The molecule has 1 aromatic carbocycles. The molecule has 1 aromatic rings. The minimum Gasteiger partial charge on any atom is -0.381 e. The van der Waals surface area contributed by atoms with E-state index in [0.29, 0.717) is 6.04 Å². The Kier molecular flexibility index (Phi) is 1.66. The number of halogens is 1. The second-order valence-electron chi connectivity index (χ2n) is 4.07. The van der Waals surface area contributed by atoms with Gasteiger partial charge in [0.2, 0.25) is 0 Å². The molecule has 1 N–H and O–H groups in total. The number of rotatable bonds is 1. The van der Waals surface area contributed by atoms with Gasteiger partial charge in [-0.05, 0) is 52.7 Å². The quantitative estimate of drug-likeness (QED) is 0.792. The minimum atomic E-state index is 0.716. The largest absolute Gasteiger partial charge is 0.381 e. The fourth-order valence-electron chi connectivity index (χ4n) is 2.16. The molecule has 0 aromatic heterocycles. The number of para-hydroxylation sites is 1. The van der Waals surface area contributed by atoms with Gasteiger partial charge >= 0.3 is 0 Å². The van der Waals surface area contributed by atoms with Crippen LogP contribution < -0.4 is 5.32 Å². The lowest BCUT2D eigenvalue weighted by molar-refractivity contribution is 0.660. The van der Waals surface area contributed by atoms with Gasteiger partial charge < -0.3 is 5.32 Å². The third-order valence-corrected chi connectivity index (χ3v) is 3.72. The molecule has 1 saturated carbocycles. The van der Waals surface area contributed by atoms with Crippen LogP contribution in [0.25, 0.3) is 0 Å². The maximum Gasteiger partial charge on any atom is 0.0520 e. The molecule has 3 rings (SSSR count). The molecule has 0 saturated heterocycles. The van der Waals surface area contributed by atoms with Crippen LogP contribution >= 0.6 is 15.9 Å². The molecule has 1 atom stereocenters. The lowest BCUT2D eigenvalue weighted by atomic mass is 10.1. The summed E-state index contributed by atoms with van der Waals surface area (Å²) >= 11 is 3.58. The summed E-state index contributed by atoms with van der Waals surface area (Å²) in [6.07, 6.45) is 4.06. The minimum absolute atomic E-state index is 0.716. The molecular weight excluding hydrogens is 226 g/mol. The van der Waals surface area contributed by atoms with Gasteiger partial charge in [0, 0.05) is 10.5 Å². The fourth-order valence-corrected chi connectivity index (χ4v) is 2.68. The molecule has 1 nitrogen and oxygen atoms in total. The Balaban J connectivity index is 1.94. The van der Waals surface area contributed by atoms with E-state index in [1.165, 1.54) is 35.0 Å². The van der Waals surface area contributed by atoms with Gasteiger partial charge in [0.05, 0.1) is 5.69 Å². The molecular formula is C11H12BrN. The number of anilines is 1. The van der Waals surface area contributed by atoms with E-state index >= 15 is 0 Å². The molecule has 0 radical (unpaired) electrons. The van der Waals surface area contributed by atoms with Crippen molar-refractivity contribution in [2.45, 2.75) is 25.3 Å². The van der Waals surface area contributed by atoms with Crippen molar-refractivity contribution < 1.29 is 0 Å². The third kappa shape index (κ3) is 1.28. The van der Waals surface area contributed by atoms with Gasteiger partial charge in [0.15, 0.2) is 0 Å². The molecule has 1 aliphatic heterocycles. The molecule has 0 spiro atoms. The maximum atomic E-state index is 3.62. The van der Waals surface area contributed by atoms with Crippen molar-refractivity contribution in [2.75, 3.05) is 5.32 Å². The van der Waals surface area contributed by atoms with Crippen molar-refractivity contribution in [3.63, 3.8) is 0 Å². The molecule has 68 valence electrons. The smallest absolute Gasteiger partial charge is 0.0520 e. The van der Waals surface area contributed by atoms with Crippen LogP contribution in [0.4, 0.5) is 5.69 Å². The van der Waals surface area contributed by atoms with Gasteiger partial charge in [-0.1, -0.05) is 12.1 Å². The molecule has 0 bridgehead atoms. The van der Waals surface area contributed by atoms with Crippen LogP contribution in [0.5, 0.6) is 0 Å². The van der Waals surface area contributed by atoms with E-state index in [1.54, 1.807) is 0 Å². The molecule has 2 heteroatoms. The Bertz CT molecular complexity index is 344. The average Bonchev–Trinajstić information content (AvgIpc) is 2.87. The number of fused-ring (bicyclic) bond motifs is 1. The van der Waals surface area contributed by atoms with Crippen molar-refractivity contribution in [1.82, 2.24) is 0 Å². The van der Waals surface area contributed by atoms with Gasteiger partial charge in [0.1, 0.15) is 0 Å². The van der Waals surface area contributed by atoms with E-state index < -0.39 is 0 Å². The molecule has 0 amide bonds. The fraction of sp³-hybridized carbons (Fsp3) is 0.455. The lowest BCUT2D eigenvalue weighted by Crippen LogP contribution is -2.17. The van der Waals surface area contributed by atoms with Gasteiger partial charge in [-0.2, -0.15) is 0 Å². The summed E-state index contributed by atoms with van der Waals surface area (Å²) in [5, 5.41) is 3.62. The van der Waals surface area contributed by atoms with Crippen molar-refractivity contribution >= 4 is 21.6 Å². The predicted molar refractivity (Wildman–Crippen MR) is 58.0 cm³/mol. The van der Waals surface area contributed by atoms with Crippen molar-refractivity contribution in [3.8, 4) is 0 Å². The van der Waals surface area contributed by atoms with Crippen LogP contribution in [0.3, 0.4) is 0 Å². The Morgan fingerprint density at radius 3 is 2.85 bits per heavy atom. The zero-order valence-corrected chi connectivity index (χ0v) is 8.97. The Morgan fingerprint density at radius 1 is 1.31 bits per heavy atom. The SMILES string of the molecule is Brc1cccc2c1NC(C1CC1)C2. The highest BCUT2D eigenvalue weighted by molar-refractivity contribution is 9.10. The van der Waals surface area contributed by atoms with E-state index in [-0.39, 0.29) is 0 Å². The van der Waals surface area contributed by atoms with E-state index in [4.69, 9.17) is 0 Å². The predicted octanol–water partition coefficient (Wildman–Crippen LogP) is 3.20. The third-order valence-electron chi connectivity index (χ3n) is 3.06. The lowest BCUT2D eigenvalue weighted by Gasteiger charge is -2.09. The van der Waals surface area contributed by atoms with E-state index in [0.717, 1.165) is 5.92 Å². The highest BCUT2D eigenvalue weighted by Crippen LogP contribution is 2.42. The van der Waals surface area contributed by atoms with Crippen molar-refractivity contribution in [3.05, 3.63) is 28.2 Å². The molecule has 1 aliphatic carbocycles. The van der Waals surface area contributed by atoms with E-state index in [1.807, 2.05) is 0 Å². The van der Waals surface area contributed by atoms with E-state index in [2.05, 4.69) is 39.4 Å². The zero-order valence-electron chi connectivity index (χ0n) is 7.39. The maximum absolute atomic E-state index is 3.62. The zero-order chi connectivity index (χ0) is 8.84. The van der Waals surface area contributed by atoms with Gasteiger partial charge in [-0.25, -0.2) is 0 Å². The monoisotopic (exact) mass is 237 g/mol. The molecule has 1 unspecified atom stereocenters. The summed E-state index contributed by atoms with van der Waals surface area (Å²) in [4.78, 5) is 0. The molecule has 2 aliphatic rings. The first-order chi connectivity index (χ1) is 6.34. The molecule has 1 fully saturated rings. The van der Waals surface area contributed by atoms with Crippen molar-refractivity contribution in [1.29, 1.82) is 0 Å². The van der Waals surface area contributed by atoms with Crippen molar-refractivity contribution in [2.24, 2.45) is 5.92 Å². The van der Waals surface area contributed by atoms with Crippen LogP contribution in [0.1, 0.15) is 18.4 Å². The summed E-state index contributed by atoms with van der Waals surface area (Å²) in [6, 6.07) is 7.19. The summed E-state index contributed by atoms with van der Waals surface area (Å²) < 4.78 is 1.22. The first kappa shape index (κ1) is 7.86. The summed E-state index contributed by atoms with van der Waals surface area (Å²) in [7, 11) is 0. The topological polar surface area (TPSA) is 12.0 Å². The van der Waals surface area contributed by atoms with E-state index in [9.17, 15) is 0 Å². The number of nitrogens with one attached hydrogen (secondary N) is 1. The van der Waals surface area contributed by atoms with Crippen LogP contribution in [-0.4, -0.2) is 6.04 Å². The Hall–Kier alpha value is -0.500. The summed E-state index contributed by atoms with van der Waals surface area (Å²) in [6.45, 7) is 0. The Morgan fingerprint density at radius 2 is 2.15 bits per heavy atom. The number of hydrogen-bond acceptors (Lipinski definition) is 1. The second kappa shape index (κ2) is 2.74. The van der Waals surface area contributed by atoms with Crippen LogP contribution in [0, 0.1) is 5.92 Å². The molecule has 1 heterocycles. The first-order valence-electron chi connectivity index (χ1n) is 4.88. The number of benzene rings is 1. The molecule has 13 heavy (non-hydrogen) atoms. The average molecular weight is 238 g/mol. The van der Waals surface area contributed by atoms with Crippen LogP contribution in [0.2, 0.25) is 0 Å².